The number of hydrogen-bond donors (Lipinski definition) is 1. The third-order valence-corrected chi connectivity index (χ3v) is 4.89. The van der Waals surface area contributed by atoms with E-state index in [1.165, 1.54) is 0 Å². The maximum absolute atomic E-state index is 12.6. The second kappa shape index (κ2) is 6.79. The standard InChI is InChI=1S/C16H23BrN2O2/c1-4-21-15(20)16(9-10-19(3)12(2)11-16)18-14-8-6-5-7-13(14)17/h5-8,12,18H,4,9-11H2,1-3H3. The van der Waals surface area contributed by atoms with E-state index in [4.69, 9.17) is 4.74 Å². The first-order valence-corrected chi connectivity index (χ1v) is 8.18. The van der Waals surface area contributed by atoms with Crippen LogP contribution in [0.3, 0.4) is 0 Å². The van der Waals surface area contributed by atoms with Gasteiger partial charge < -0.3 is 15.0 Å². The van der Waals surface area contributed by atoms with Gasteiger partial charge in [-0.05, 0) is 61.8 Å². The number of benzene rings is 1. The van der Waals surface area contributed by atoms with Crippen LogP contribution in [0.1, 0.15) is 26.7 Å². The van der Waals surface area contributed by atoms with Gasteiger partial charge in [-0.15, -0.1) is 0 Å². The van der Waals surface area contributed by atoms with Crippen LogP contribution in [0.5, 0.6) is 0 Å². The molecule has 0 aliphatic carbocycles. The number of piperidine rings is 1. The normalized spacial score (nSPS) is 26.4. The smallest absolute Gasteiger partial charge is 0.331 e. The van der Waals surface area contributed by atoms with Crippen LogP contribution in [0.4, 0.5) is 5.69 Å². The Morgan fingerprint density at radius 1 is 1.52 bits per heavy atom. The number of para-hydroxylation sites is 1. The SMILES string of the molecule is CCOC(=O)C1(Nc2ccccc2Br)CCN(C)C(C)C1. The largest absolute Gasteiger partial charge is 0.464 e. The van der Waals surface area contributed by atoms with Gasteiger partial charge >= 0.3 is 5.97 Å². The Kier molecular flexibility index (Phi) is 5.27. The number of halogens is 1. The molecule has 1 aromatic carbocycles. The van der Waals surface area contributed by atoms with Gasteiger partial charge in [0.05, 0.1) is 6.61 Å². The highest BCUT2D eigenvalue weighted by atomic mass is 79.9. The first-order valence-electron chi connectivity index (χ1n) is 7.38. The zero-order valence-corrected chi connectivity index (χ0v) is 14.4. The highest BCUT2D eigenvalue weighted by molar-refractivity contribution is 9.10. The topological polar surface area (TPSA) is 41.6 Å². The summed E-state index contributed by atoms with van der Waals surface area (Å²) >= 11 is 3.54. The Labute approximate surface area is 135 Å². The van der Waals surface area contributed by atoms with Gasteiger partial charge in [0.1, 0.15) is 5.54 Å². The van der Waals surface area contributed by atoms with Gasteiger partial charge in [0.25, 0.3) is 0 Å². The molecule has 1 N–H and O–H groups in total. The van der Waals surface area contributed by atoms with Crippen molar-refractivity contribution in [2.24, 2.45) is 0 Å². The zero-order chi connectivity index (χ0) is 15.5. The van der Waals surface area contributed by atoms with Crippen LogP contribution >= 0.6 is 15.9 Å². The maximum atomic E-state index is 12.6. The van der Waals surface area contributed by atoms with E-state index < -0.39 is 5.54 Å². The number of carbonyl (C=O) groups excluding carboxylic acids is 1. The number of nitrogens with one attached hydrogen (secondary N) is 1. The molecule has 0 bridgehead atoms. The molecule has 1 fully saturated rings. The van der Waals surface area contributed by atoms with E-state index >= 15 is 0 Å². The zero-order valence-electron chi connectivity index (χ0n) is 12.9. The predicted octanol–water partition coefficient (Wildman–Crippen LogP) is 3.28. The van der Waals surface area contributed by atoms with Gasteiger partial charge in [0.2, 0.25) is 0 Å². The molecule has 0 aromatic heterocycles. The van der Waals surface area contributed by atoms with Gasteiger partial charge in [-0.25, -0.2) is 4.79 Å². The van der Waals surface area contributed by atoms with Crippen LogP contribution in [0.2, 0.25) is 0 Å². The number of hydrogen-bond acceptors (Lipinski definition) is 4. The lowest BCUT2D eigenvalue weighted by Crippen LogP contribution is -2.57. The number of anilines is 1. The highest BCUT2D eigenvalue weighted by Crippen LogP contribution is 2.33. The molecular formula is C16H23BrN2O2. The van der Waals surface area contributed by atoms with Crippen LogP contribution in [0, 0.1) is 0 Å². The lowest BCUT2D eigenvalue weighted by atomic mass is 9.83. The van der Waals surface area contributed by atoms with Crippen molar-refractivity contribution >= 4 is 27.6 Å². The average Bonchev–Trinajstić information content (AvgIpc) is 2.46. The first kappa shape index (κ1) is 16.3. The van der Waals surface area contributed by atoms with E-state index in [0.717, 1.165) is 29.5 Å². The third kappa shape index (κ3) is 3.58. The third-order valence-electron chi connectivity index (χ3n) is 4.20. The fraction of sp³-hybridized carbons (Fsp3) is 0.562. The van der Waals surface area contributed by atoms with E-state index in [-0.39, 0.29) is 5.97 Å². The molecule has 0 amide bonds. The van der Waals surface area contributed by atoms with Gasteiger partial charge in [-0.1, -0.05) is 12.1 Å². The Hall–Kier alpha value is -1.07. The Balaban J connectivity index is 2.28. The Morgan fingerprint density at radius 2 is 2.24 bits per heavy atom. The summed E-state index contributed by atoms with van der Waals surface area (Å²) in [6.07, 6.45) is 1.48. The summed E-state index contributed by atoms with van der Waals surface area (Å²) < 4.78 is 6.30. The molecule has 116 valence electrons. The van der Waals surface area contributed by atoms with Gasteiger partial charge in [-0.3, -0.25) is 0 Å². The van der Waals surface area contributed by atoms with Gasteiger partial charge in [0.15, 0.2) is 0 Å². The number of likely N-dealkylation sites (tertiary alicyclic amines) is 1. The molecule has 2 rings (SSSR count). The molecule has 1 saturated heterocycles. The van der Waals surface area contributed by atoms with Crippen LogP contribution in [-0.4, -0.2) is 42.6 Å². The molecule has 21 heavy (non-hydrogen) atoms. The van der Waals surface area contributed by atoms with Crippen LogP contribution in [0.25, 0.3) is 0 Å². The number of ether oxygens (including phenoxy) is 1. The summed E-state index contributed by atoms with van der Waals surface area (Å²) in [6.45, 7) is 5.27. The predicted molar refractivity (Wildman–Crippen MR) is 88.5 cm³/mol. The average molecular weight is 355 g/mol. The molecule has 0 spiro atoms. The van der Waals surface area contributed by atoms with Gasteiger partial charge in [0, 0.05) is 22.7 Å². The lowest BCUT2D eigenvalue weighted by molar-refractivity contribution is -0.151. The summed E-state index contributed by atoms with van der Waals surface area (Å²) in [5, 5.41) is 3.45. The number of nitrogens with zero attached hydrogens (tertiary/aromatic N) is 1. The lowest BCUT2D eigenvalue weighted by Gasteiger charge is -2.43. The molecule has 1 heterocycles. The second-order valence-corrected chi connectivity index (χ2v) is 6.55. The number of carbonyl (C=O) groups is 1. The molecule has 2 atom stereocenters. The first-order chi connectivity index (χ1) is 9.98. The van der Waals surface area contributed by atoms with E-state index in [1.807, 2.05) is 31.2 Å². The molecule has 1 aromatic rings. The second-order valence-electron chi connectivity index (χ2n) is 5.69. The van der Waals surface area contributed by atoms with Crippen LogP contribution in [-0.2, 0) is 9.53 Å². The summed E-state index contributed by atoms with van der Waals surface area (Å²) in [5.74, 6) is -0.152. The van der Waals surface area contributed by atoms with Crippen molar-refractivity contribution in [1.29, 1.82) is 0 Å². The van der Waals surface area contributed by atoms with Gasteiger partial charge in [-0.2, -0.15) is 0 Å². The minimum absolute atomic E-state index is 0.152. The molecule has 5 heteroatoms. The fourth-order valence-corrected chi connectivity index (χ4v) is 3.17. The summed E-state index contributed by atoms with van der Waals surface area (Å²) in [7, 11) is 2.10. The van der Waals surface area contributed by atoms with Crippen molar-refractivity contribution in [1.82, 2.24) is 4.90 Å². The molecule has 1 aliphatic rings. The molecule has 4 nitrogen and oxygen atoms in total. The summed E-state index contributed by atoms with van der Waals surface area (Å²) in [4.78, 5) is 14.8. The minimum atomic E-state index is -0.647. The van der Waals surface area contributed by atoms with Crippen molar-refractivity contribution < 1.29 is 9.53 Å². The van der Waals surface area contributed by atoms with Crippen LogP contribution < -0.4 is 5.32 Å². The van der Waals surface area contributed by atoms with E-state index in [2.05, 4.69) is 40.1 Å². The maximum Gasteiger partial charge on any atom is 0.331 e. The van der Waals surface area contributed by atoms with E-state index in [0.29, 0.717) is 12.6 Å². The summed E-state index contributed by atoms with van der Waals surface area (Å²) in [5.41, 5.74) is 0.286. The Bertz CT molecular complexity index is 509. The molecule has 0 saturated carbocycles. The molecular weight excluding hydrogens is 332 g/mol. The quantitative estimate of drug-likeness (QED) is 0.842. The summed E-state index contributed by atoms with van der Waals surface area (Å²) in [6, 6.07) is 8.21. The Morgan fingerprint density at radius 3 is 2.86 bits per heavy atom. The van der Waals surface area contributed by atoms with Crippen LogP contribution in [0.15, 0.2) is 28.7 Å². The van der Waals surface area contributed by atoms with E-state index in [1.54, 1.807) is 0 Å². The van der Waals surface area contributed by atoms with Crippen molar-refractivity contribution in [2.75, 3.05) is 25.5 Å². The van der Waals surface area contributed by atoms with Crippen molar-refractivity contribution in [2.45, 2.75) is 38.3 Å². The molecule has 2 unspecified atom stereocenters. The van der Waals surface area contributed by atoms with Crippen molar-refractivity contribution in [3.63, 3.8) is 0 Å². The number of rotatable bonds is 4. The highest BCUT2D eigenvalue weighted by Gasteiger charge is 2.44. The van der Waals surface area contributed by atoms with Crippen molar-refractivity contribution in [3.05, 3.63) is 28.7 Å². The number of esters is 1. The van der Waals surface area contributed by atoms with E-state index in [9.17, 15) is 4.79 Å². The molecule has 1 aliphatic heterocycles. The minimum Gasteiger partial charge on any atom is -0.464 e. The molecule has 0 radical (unpaired) electrons. The van der Waals surface area contributed by atoms with Crippen molar-refractivity contribution in [3.8, 4) is 0 Å². The monoisotopic (exact) mass is 354 g/mol. The fourth-order valence-electron chi connectivity index (χ4n) is 2.79.